The molecule has 3 fully saturated rings. The van der Waals surface area contributed by atoms with E-state index in [0.29, 0.717) is 32.3 Å². The SMILES string of the molecule is COCCOCCC1(C)SC(=N[C@H]2C[C@@H]3CC[C@H]2C3)NC1=O. The molecular formula is C16H26N2O3S. The number of carbonyl (C=O) groups excluding carboxylic acids is 1. The van der Waals surface area contributed by atoms with Crippen molar-refractivity contribution in [3.63, 3.8) is 0 Å². The molecule has 3 aliphatic rings. The van der Waals surface area contributed by atoms with Crippen molar-refractivity contribution in [3.05, 3.63) is 0 Å². The molecule has 0 spiro atoms. The fourth-order valence-corrected chi connectivity index (χ4v) is 4.86. The Bertz CT molecular complexity index is 457. The summed E-state index contributed by atoms with van der Waals surface area (Å²) >= 11 is 1.58. The molecule has 1 heterocycles. The van der Waals surface area contributed by atoms with Gasteiger partial charge in [-0.15, -0.1) is 0 Å². The highest BCUT2D eigenvalue weighted by molar-refractivity contribution is 8.16. The molecule has 22 heavy (non-hydrogen) atoms. The lowest BCUT2D eigenvalue weighted by Crippen LogP contribution is -2.35. The molecule has 5 nitrogen and oxygen atoms in total. The highest BCUT2D eigenvalue weighted by Gasteiger charge is 2.44. The third-order valence-corrected chi connectivity index (χ3v) is 6.40. The summed E-state index contributed by atoms with van der Waals surface area (Å²) in [6.45, 7) is 3.72. The molecule has 6 heteroatoms. The van der Waals surface area contributed by atoms with Crippen LogP contribution < -0.4 is 5.32 Å². The zero-order valence-corrected chi connectivity index (χ0v) is 14.3. The van der Waals surface area contributed by atoms with Crippen molar-refractivity contribution in [1.82, 2.24) is 5.32 Å². The number of nitrogens with one attached hydrogen (secondary N) is 1. The van der Waals surface area contributed by atoms with E-state index in [0.717, 1.165) is 17.0 Å². The zero-order valence-electron chi connectivity index (χ0n) is 13.5. The van der Waals surface area contributed by atoms with E-state index >= 15 is 0 Å². The Balaban J connectivity index is 1.51. The molecule has 1 saturated heterocycles. The van der Waals surface area contributed by atoms with Gasteiger partial charge < -0.3 is 14.8 Å². The first-order chi connectivity index (χ1) is 10.6. The van der Waals surface area contributed by atoms with Crippen LogP contribution in [0.1, 0.15) is 39.0 Å². The Labute approximate surface area is 136 Å². The van der Waals surface area contributed by atoms with Crippen LogP contribution in [0.3, 0.4) is 0 Å². The highest BCUT2D eigenvalue weighted by Crippen LogP contribution is 2.46. The predicted octanol–water partition coefficient (Wildman–Crippen LogP) is 2.21. The number of amides is 1. The predicted molar refractivity (Wildman–Crippen MR) is 88.1 cm³/mol. The summed E-state index contributed by atoms with van der Waals surface area (Å²) in [4.78, 5) is 17.1. The van der Waals surface area contributed by atoms with Gasteiger partial charge in [-0.2, -0.15) is 0 Å². The lowest BCUT2D eigenvalue weighted by molar-refractivity contribution is -0.121. The van der Waals surface area contributed by atoms with E-state index in [1.165, 1.54) is 25.7 Å². The van der Waals surface area contributed by atoms with Gasteiger partial charge in [-0.25, -0.2) is 0 Å². The maximum absolute atomic E-state index is 12.3. The second-order valence-corrected chi connectivity index (χ2v) is 8.31. The van der Waals surface area contributed by atoms with Crippen LogP contribution in [0, 0.1) is 11.8 Å². The summed E-state index contributed by atoms with van der Waals surface area (Å²) in [6.07, 6.45) is 5.94. The van der Waals surface area contributed by atoms with E-state index in [2.05, 4.69) is 5.32 Å². The maximum Gasteiger partial charge on any atom is 0.242 e. The van der Waals surface area contributed by atoms with E-state index in [9.17, 15) is 4.79 Å². The van der Waals surface area contributed by atoms with Crippen molar-refractivity contribution in [2.24, 2.45) is 16.8 Å². The number of rotatable bonds is 7. The first-order valence-electron chi connectivity index (χ1n) is 8.25. The summed E-state index contributed by atoms with van der Waals surface area (Å²) in [6, 6.07) is 0.432. The summed E-state index contributed by atoms with van der Waals surface area (Å²) in [5.74, 6) is 1.69. The van der Waals surface area contributed by atoms with Crippen molar-refractivity contribution in [2.75, 3.05) is 26.9 Å². The van der Waals surface area contributed by atoms with E-state index < -0.39 is 4.75 Å². The molecule has 1 aliphatic heterocycles. The van der Waals surface area contributed by atoms with Crippen LogP contribution in [0.5, 0.6) is 0 Å². The number of methoxy groups -OCH3 is 1. The average molecular weight is 326 g/mol. The Morgan fingerprint density at radius 2 is 2.18 bits per heavy atom. The van der Waals surface area contributed by atoms with Gasteiger partial charge in [0.25, 0.3) is 0 Å². The number of nitrogens with zero attached hydrogens (tertiary/aromatic N) is 1. The minimum atomic E-state index is -0.455. The van der Waals surface area contributed by atoms with Gasteiger partial charge in [0.05, 0.1) is 19.3 Å². The molecule has 1 amide bonds. The number of carbonyl (C=O) groups is 1. The van der Waals surface area contributed by atoms with E-state index in [1.54, 1.807) is 18.9 Å². The van der Waals surface area contributed by atoms with Crippen LogP contribution in [0.25, 0.3) is 0 Å². The van der Waals surface area contributed by atoms with Crippen molar-refractivity contribution in [1.29, 1.82) is 0 Å². The van der Waals surface area contributed by atoms with Crippen LogP contribution >= 0.6 is 11.8 Å². The molecule has 3 rings (SSSR count). The first kappa shape index (κ1) is 16.3. The largest absolute Gasteiger partial charge is 0.382 e. The molecule has 0 aromatic rings. The fraction of sp³-hybridized carbons (Fsp3) is 0.875. The summed E-state index contributed by atoms with van der Waals surface area (Å²) in [5.41, 5.74) is 0. The maximum atomic E-state index is 12.3. The van der Waals surface area contributed by atoms with Gasteiger partial charge in [0, 0.05) is 13.7 Å². The monoisotopic (exact) mass is 326 g/mol. The molecule has 124 valence electrons. The normalized spacial score (nSPS) is 38.9. The smallest absolute Gasteiger partial charge is 0.242 e. The lowest BCUT2D eigenvalue weighted by Gasteiger charge is -2.19. The number of hydrogen-bond acceptors (Lipinski definition) is 5. The van der Waals surface area contributed by atoms with Crippen LogP contribution in [0.15, 0.2) is 4.99 Å². The van der Waals surface area contributed by atoms with E-state index in [1.807, 2.05) is 6.92 Å². The van der Waals surface area contributed by atoms with Gasteiger partial charge >= 0.3 is 0 Å². The van der Waals surface area contributed by atoms with Gasteiger partial charge in [0.1, 0.15) is 4.75 Å². The van der Waals surface area contributed by atoms with Gasteiger partial charge in [-0.05, 0) is 44.4 Å². The Morgan fingerprint density at radius 1 is 1.32 bits per heavy atom. The molecule has 1 unspecified atom stereocenters. The molecule has 2 bridgehead atoms. The minimum Gasteiger partial charge on any atom is -0.382 e. The second-order valence-electron chi connectivity index (χ2n) is 6.82. The van der Waals surface area contributed by atoms with Gasteiger partial charge in [-0.3, -0.25) is 9.79 Å². The lowest BCUT2D eigenvalue weighted by atomic mass is 9.96. The first-order valence-corrected chi connectivity index (χ1v) is 9.07. The van der Waals surface area contributed by atoms with Crippen LogP contribution in [0.2, 0.25) is 0 Å². The topological polar surface area (TPSA) is 59.9 Å². The van der Waals surface area contributed by atoms with Crippen LogP contribution in [-0.2, 0) is 14.3 Å². The minimum absolute atomic E-state index is 0.0646. The van der Waals surface area contributed by atoms with Crippen LogP contribution in [-0.4, -0.2) is 48.8 Å². The highest BCUT2D eigenvalue weighted by atomic mass is 32.2. The van der Waals surface area contributed by atoms with Crippen molar-refractivity contribution >= 4 is 22.8 Å². The summed E-state index contributed by atoms with van der Waals surface area (Å²) in [7, 11) is 1.66. The zero-order chi connectivity index (χ0) is 15.6. The number of aliphatic imine (C=N–C) groups is 1. The average Bonchev–Trinajstić information content (AvgIpc) is 3.15. The number of ether oxygens (including phenoxy) is 2. The molecule has 0 aromatic heterocycles. The van der Waals surface area contributed by atoms with Crippen LogP contribution in [0.4, 0.5) is 0 Å². The standard InChI is InChI=1S/C16H26N2O3S/c1-16(5-6-21-8-7-20-2)14(19)18-15(22-16)17-13-10-11-3-4-12(13)9-11/h11-13H,3-10H2,1-2H3,(H,17,18,19)/t11-,12+,13+,16?/m1/s1. The van der Waals surface area contributed by atoms with Gasteiger partial charge in [0.15, 0.2) is 5.17 Å². The fourth-order valence-electron chi connectivity index (χ4n) is 3.77. The second kappa shape index (κ2) is 6.89. The Morgan fingerprint density at radius 3 is 2.86 bits per heavy atom. The number of fused-ring (bicyclic) bond motifs is 2. The van der Waals surface area contributed by atoms with Gasteiger partial charge in [-0.1, -0.05) is 18.2 Å². The third-order valence-electron chi connectivity index (χ3n) is 5.16. The van der Waals surface area contributed by atoms with E-state index in [-0.39, 0.29) is 5.91 Å². The summed E-state index contributed by atoms with van der Waals surface area (Å²) < 4.78 is 9.99. The number of hydrogen-bond donors (Lipinski definition) is 1. The number of thioether (sulfide) groups is 1. The summed E-state index contributed by atoms with van der Waals surface area (Å²) in [5, 5.41) is 3.80. The Kier molecular flexibility index (Phi) is 5.10. The molecule has 0 aromatic carbocycles. The molecule has 2 aliphatic carbocycles. The number of amidine groups is 1. The molecule has 0 radical (unpaired) electrons. The Hall–Kier alpha value is -0.590. The van der Waals surface area contributed by atoms with E-state index in [4.69, 9.17) is 14.5 Å². The van der Waals surface area contributed by atoms with Crippen molar-refractivity contribution in [2.45, 2.75) is 49.8 Å². The third kappa shape index (κ3) is 3.49. The van der Waals surface area contributed by atoms with Gasteiger partial charge in [0.2, 0.25) is 5.91 Å². The quantitative estimate of drug-likeness (QED) is 0.729. The molecule has 1 N–H and O–H groups in total. The van der Waals surface area contributed by atoms with Crippen molar-refractivity contribution in [3.8, 4) is 0 Å². The molecule has 4 atom stereocenters. The molecule has 2 saturated carbocycles. The van der Waals surface area contributed by atoms with Crippen molar-refractivity contribution < 1.29 is 14.3 Å². The molecular weight excluding hydrogens is 300 g/mol.